The van der Waals surface area contributed by atoms with E-state index in [1.807, 2.05) is 61.5 Å². The molecule has 2 N–H and O–H groups in total. The number of aryl methyl sites for hydroxylation is 1. The lowest BCUT2D eigenvalue weighted by Gasteiger charge is -2.31. The van der Waals surface area contributed by atoms with Crippen LogP contribution in [-0.4, -0.2) is 38.2 Å². The number of amides is 1. The van der Waals surface area contributed by atoms with Crippen LogP contribution in [-0.2, 0) is 15.1 Å². The molecule has 0 radical (unpaired) electrons. The van der Waals surface area contributed by atoms with Gasteiger partial charge in [-0.05, 0) is 24.6 Å². The quantitative estimate of drug-likeness (QED) is 0.401. The van der Waals surface area contributed by atoms with E-state index in [-0.39, 0.29) is 0 Å². The molecule has 0 aliphatic heterocycles. The molecule has 0 unspecified atom stereocenters. The third-order valence-corrected chi connectivity index (χ3v) is 5.84. The van der Waals surface area contributed by atoms with Gasteiger partial charge in [0.1, 0.15) is 0 Å². The topological polar surface area (TPSA) is 106 Å². The Hall–Kier alpha value is -4.43. The molecule has 3 aromatic heterocycles. The zero-order valence-electron chi connectivity index (χ0n) is 18.7. The molecular formula is C26H22N6O2. The highest BCUT2D eigenvalue weighted by Gasteiger charge is 2.46. The van der Waals surface area contributed by atoms with Gasteiger partial charge in [-0.3, -0.25) is 9.78 Å². The van der Waals surface area contributed by atoms with E-state index >= 15 is 0 Å². The standard InChI is InChI=1S/C26H22N6O2/c1-17-7-3-5-9-22(17)26(34-2,24-28-11-12-29-24)25(33)31-19-13-18(14-27-15-19)21-16-30-32-23-10-6-4-8-20(21)23/h3-16H,1-2H3,(H,28,29)(H,31,33)/t26-/m0/s1. The third-order valence-electron chi connectivity index (χ3n) is 5.84. The smallest absolute Gasteiger partial charge is 0.269 e. The molecule has 0 aliphatic rings. The molecule has 0 fully saturated rings. The number of hydrogen-bond donors (Lipinski definition) is 2. The number of H-pyrrole nitrogens is 1. The van der Waals surface area contributed by atoms with Crippen LogP contribution in [0.3, 0.4) is 0 Å². The fourth-order valence-corrected chi connectivity index (χ4v) is 4.19. The van der Waals surface area contributed by atoms with Crippen molar-refractivity contribution in [3.8, 4) is 11.1 Å². The first-order chi connectivity index (χ1) is 16.6. The van der Waals surface area contributed by atoms with Gasteiger partial charge in [-0.1, -0.05) is 42.5 Å². The number of carbonyl (C=O) groups is 1. The molecule has 8 heteroatoms. The number of nitrogens with one attached hydrogen (secondary N) is 2. The van der Waals surface area contributed by atoms with Crippen molar-refractivity contribution in [3.63, 3.8) is 0 Å². The van der Waals surface area contributed by atoms with E-state index < -0.39 is 11.5 Å². The first-order valence-electron chi connectivity index (χ1n) is 10.7. The lowest BCUT2D eigenvalue weighted by Crippen LogP contribution is -2.44. The van der Waals surface area contributed by atoms with Crippen molar-refractivity contribution in [1.82, 2.24) is 25.1 Å². The van der Waals surface area contributed by atoms with Crippen LogP contribution in [0.4, 0.5) is 5.69 Å². The number of pyridine rings is 1. The van der Waals surface area contributed by atoms with Crippen LogP contribution in [0.15, 0.2) is 85.6 Å². The van der Waals surface area contributed by atoms with Crippen LogP contribution in [0, 0.1) is 6.92 Å². The van der Waals surface area contributed by atoms with Crippen LogP contribution in [0.25, 0.3) is 22.0 Å². The maximum absolute atomic E-state index is 13.8. The van der Waals surface area contributed by atoms with E-state index in [1.165, 1.54) is 7.11 Å². The number of ether oxygens (including phenoxy) is 1. The van der Waals surface area contributed by atoms with Crippen LogP contribution >= 0.6 is 0 Å². The summed E-state index contributed by atoms with van der Waals surface area (Å²) in [5.41, 5.74) is 3.10. The van der Waals surface area contributed by atoms with Gasteiger partial charge < -0.3 is 15.0 Å². The van der Waals surface area contributed by atoms with Crippen LogP contribution in [0.2, 0.25) is 0 Å². The van der Waals surface area contributed by atoms with Gasteiger partial charge in [0, 0.05) is 47.8 Å². The molecule has 1 amide bonds. The van der Waals surface area contributed by atoms with Gasteiger partial charge in [-0.15, -0.1) is 0 Å². The lowest BCUT2D eigenvalue weighted by molar-refractivity contribution is -0.134. The highest BCUT2D eigenvalue weighted by molar-refractivity contribution is 6.01. The Kier molecular flexibility index (Phi) is 5.57. The summed E-state index contributed by atoms with van der Waals surface area (Å²) in [6, 6.07) is 17.2. The second-order valence-corrected chi connectivity index (χ2v) is 7.83. The Morgan fingerprint density at radius 2 is 1.88 bits per heavy atom. The minimum absolute atomic E-state index is 0.384. The molecule has 0 bridgehead atoms. The van der Waals surface area contributed by atoms with E-state index in [2.05, 4.69) is 30.5 Å². The molecule has 2 aromatic carbocycles. The van der Waals surface area contributed by atoms with E-state index in [0.717, 1.165) is 27.6 Å². The summed E-state index contributed by atoms with van der Waals surface area (Å²) in [5, 5.41) is 12.2. The van der Waals surface area contributed by atoms with Crippen molar-refractivity contribution in [3.05, 3.63) is 103 Å². The number of aromatic nitrogens is 5. The lowest BCUT2D eigenvalue weighted by atomic mass is 9.88. The van der Waals surface area contributed by atoms with Gasteiger partial charge in [0.25, 0.3) is 5.91 Å². The van der Waals surface area contributed by atoms with E-state index in [9.17, 15) is 4.79 Å². The van der Waals surface area contributed by atoms with Gasteiger partial charge in [0.2, 0.25) is 5.60 Å². The van der Waals surface area contributed by atoms with Crippen LogP contribution in [0.5, 0.6) is 0 Å². The van der Waals surface area contributed by atoms with Crippen molar-refractivity contribution < 1.29 is 9.53 Å². The number of anilines is 1. The summed E-state index contributed by atoms with van der Waals surface area (Å²) < 4.78 is 5.91. The second kappa shape index (κ2) is 8.84. The van der Waals surface area contributed by atoms with Gasteiger partial charge in [0.15, 0.2) is 5.82 Å². The molecule has 34 heavy (non-hydrogen) atoms. The molecule has 1 atom stereocenters. The molecule has 5 aromatic rings. The van der Waals surface area contributed by atoms with Crippen molar-refractivity contribution >= 4 is 22.5 Å². The monoisotopic (exact) mass is 450 g/mol. The Morgan fingerprint density at radius 1 is 1.06 bits per heavy atom. The largest absolute Gasteiger partial charge is 0.357 e. The van der Waals surface area contributed by atoms with Crippen molar-refractivity contribution in [1.29, 1.82) is 0 Å². The predicted octanol–water partition coefficient (Wildman–Crippen LogP) is 4.25. The number of imidazole rings is 1. The number of carbonyl (C=O) groups excluding carboxylic acids is 1. The fourth-order valence-electron chi connectivity index (χ4n) is 4.19. The number of hydrogen-bond acceptors (Lipinski definition) is 6. The SMILES string of the molecule is CO[C@](C(=O)Nc1cncc(-c2cnnc3ccccc23)c1)(c1ncc[nH]1)c1ccccc1C. The average molecular weight is 451 g/mol. The van der Waals surface area contributed by atoms with E-state index in [0.29, 0.717) is 17.1 Å². The highest BCUT2D eigenvalue weighted by Crippen LogP contribution is 2.35. The maximum Gasteiger partial charge on any atom is 0.269 e. The van der Waals surface area contributed by atoms with Crippen LogP contribution in [0.1, 0.15) is 17.0 Å². The van der Waals surface area contributed by atoms with Crippen molar-refractivity contribution in [2.45, 2.75) is 12.5 Å². The Balaban J connectivity index is 1.56. The van der Waals surface area contributed by atoms with Crippen molar-refractivity contribution in [2.24, 2.45) is 0 Å². The molecule has 0 aliphatic carbocycles. The zero-order chi connectivity index (χ0) is 23.5. The average Bonchev–Trinajstić information content (AvgIpc) is 3.41. The molecular weight excluding hydrogens is 428 g/mol. The number of rotatable bonds is 6. The first-order valence-corrected chi connectivity index (χ1v) is 10.7. The first kappa shape index (κ1) is 21.4. The van der Waals surface area contributed by atoms with E-state index in [4.69, 9.17) is 4.74 Å². The Morgan fingerprint density at radius 3 is 2.68 bits per heavy atom. The molecule has 8 nitrogen and oxygen atoms in total. The Labute approximate surface area is 196 Å². The summed E-state index contributed by atoms with van der Waals surface area (Å²) >= 11 is 0. The number of methoxy groups -OCH3 is 1. The normalized spacial score (nSPS) is 12.9. The highest BCUT2D eigenvalue weighted by atomic mass is 16.5. The molecule has 0 saturated heterocycles. The molecule has 0 saturated carbocycles. The zero-order valence-corrected chi connectivity index (χ0v) is 18.7. The minimum Gasteiger partial charge on any atom is -0.357 e. The minimum atomic E-state index is -1.48. The number of nitrogens with zero attached hydrogens (tertiary/aromatic N) is 4. The van der Waals surface area contributed by atoms with Crippen LogP contribution < -0.4 is 5.32 Å². The third kappa shape index (κ3) is 3.60. The molecule has 168 valence electrons. The molecule has 5 rings (SSSR count). The van der Waals surface area contributed by atoms with Gasteiger partial charge in [-0.2, -0.15) is 10.2 Å². The summed E-state index contributed by atoms with van der Waals surface area (Å²) in [5.74, 6) is -0.00819. The Bertz CT molecular complexity index is 1460. The maximum atomic E-state index is 13.8. The fraction of sp³-hybridized carbons (Fsp3) is 0.115. The summed E-state index contributed by atoms with van der Waals surface area (Å²) in [6.45, 7) is 1.93. The number of benzene rings is 2. The van der Waals surface area contributed by atoms with Gasteiger partial charge >= 0.3 is 0 Å². The number of aromatic amines is 1. The van der Waals surface area contributed by atoms with Gasteiger partial charge in [-0.25, -0.2) is 4.98 Å². The van der Waals surface area contributed by atoms with Crippen molar-refractivity contribution in [2.75, 3.05) is 12.4 Å². The molecule has 0 spiro atoms. The predicted molar refractivity (Wildman–Crippen MR) is 129 cm³/mol. The number of fused-ring (bicyclic) bond motifs is 1. The summed E-state index contributed by atoms with van der Waals surface area (Å²) in [4.78, 5) is 25.6. The van der Waals surface area contributed by atoms with Gasteiger partial charge in [0.05, 0.1) is 23.6 Å². The summed E-state index contributed by atoms with van der Waals surface area (Å²) in [7, 11) is 1.50. The summed E-state index contributed by atoms with van der Waals surface area (Å²) in [6.07, 6.45) is 8.28. The second-order valence-electron chi connectivity index (χ2n) is 7.83. The molecule has 3 heterocycles. The van der Waals surface area contributed by atoms with E-state index in [1.54, 1.807) is 31.0 Å².